The number of aryl methyl sites for hydroxylation is 1. The number of hydrogen-bond donors (Lipinski definition) is 2. The van der Waals surface area contributed by atoms with Crippen LogP contribution in [0.15, 0.2) is 78.1 Å². The second-order valence-corrected chi connectivity index (χ2v) is 7.46. The Morgan fingerprint density at radius 3 is 2.58 bits per heavy atom. The molecule has 1 aromatic carbocycles. The Morgan fingerprint density at radius 2 is 1.79 bits per heavy atom. The van der Waals surface area contributed by atoms with E-state index in [1.807, 2.05) is 55.5 Å². The summed E-state index contributed by atoms with van der Waals surface area (Å²) in [5, 5.41) is 4.49. The van der Waals surface area contributed by atoms with Gasteiger partial charge in [0, 0.05) is 23.8 Å². The molecule has 4 aromatic heterocycles. The number of ether oxygens (including phenoxy) is 1. The first-order valence-electron chi connectivity index (χ1n) is 10.3. The van der Waals surface area contributed by atoms with Gasteiger partial charge in [-0.1, -0.05) is 12.1 Å². The lowest BCUT2D eigenvalue weighted by molar-refractivity contribution is 0.396. The van der Waals surface area contributed by atoms with Crippen molar-refractivity contribution in [1.82, 2.24) is 24.9 Å². The van der Waals surface area contributed by atoms with Gasteiger partial charge >= 0.3 is 0 Å². The van der Waals surface area contributed by atoms with E-state index in [4.69, 9.17) is 9.72 Å². The molecule has 5 aromatic rings. The van der Waals surface area contributed by atoms with Gasteiger partial charge in [0.2, 0.25) is 5.88 Å². The van der Waals surface area contributed by atoms with E-state index in [0.29, 0.717) is 28.5 Å². The number of benzene rings is 1. The number of hydrogen-bond acceptors (Lipinski definition) is 7. The number of aromatic nitrogens is 5. The second kappa shape index (κ2) is 8.51. The van der Waals surface area contributed by atoms with E-state index in [-0.39, 0.29) is 5.56 Å². The van der Waals surface area contributed by atoms with Crippen LogP contribution in [0.4, 0.5) is 11.5 Å². The molecule has 8 nitrogen and oxygen atoms in total. The number of aromatic amines is 1. The Labute approximate surface area is 189 Å². The number of pyridine rings is 3. The van der Waals surface area contributed by atoms with Crippen LogP contribution in [0.2, 0.25) is 0 Å². The summed E-state index contributed by atoms with van der Waals surface area (Å²) in [6.45, 7) is 1.97. The minimum absolute atomic E-state index is 0.227. The molecule has 0 aliphatic carbocycles. The summed E-state index contributed by atoms with van der Waals surface area (Å²) in [6, 6.07) is 15.6. The Hall–Kier alpha value is -4.59. The van der Waals surface area contributed by atoms with Crippen LogP contribution in [-0.2, 0) is 0 Å². The molecular formula is C25H20N6O2. The van der Waals surface area contributed by atoms with Gasteiger partial charge in [-0.25, -0.2) is 9.97 Å². The number of H-pyrrole nitrogens is 1. The van der Waals surface area contributed by atoms with Gasteiger partial charge < -0.3 is 15.0 Å². The van der Waals surface area contributed by atoms with Gasteiger partial charge in [0.25, 0.3) is 5.56 Å². The van der Waals surface area contributed by atoms with Crippen LogP contribution in [0.1, 0.15) is 5.69 Å². The molecular weight excluding hydrogens is 416 g/mol. The zero-order valence-electron chi connectivity index (χ0n) is 18.0. The highest BCUT2D eigenvalue weighted by molar-refractivity contribution is 5.95. The third-order valence-corrected chi connectivity index (χ3v) is 5.22. The predicted octanol–water partition coefficient (Wildman–Crippen LogP) is 4.50. The summed E-state index contributed by atoms with van der Waals surface area (Å²) >= 11 is 0. The largest absolute Gasteiger partial charge is 0.480 e. The maximum Gasteiger partial charge on any atom is 0.259 e. The lowest BCUT2D eigenvalue weighted by atomic mass is 10.1. The first kappa shape index (κ1) is 20.3. The monoisotopic (exact) mass is 436 g/mol. The molecule has 0 saturated heterocycles. The zero-order chi connectivity index (χ0) is 22.8. The van der Waals surface area contributed by atoms with Crippen molar-refractivity contribution in [3.63, 3.8) is 0 Å². The molecule has 0 aliphatic heterocycles. The third kappa shape index (κ3) is 4.14. The number of nitrogens with one attached hydrogen (secondary N) is 2. The highest BCUT2D eigenvalue weighted by Gasteiger charge is 2.13. The van der Waals surface area contributed by atoms with Crippen LogP contribution < -0.4 is 15.6 Å². The van der Waals surface area contributed by atoms with Crippen molar-refractivity contribution in [1.29, 1.82) is 0 Å². The SMILES string of the molecule is COc1cncc(-c2cc3cc[nH]c(=O)c3c(Nc3ccc(-c4ccnc(C)c4)cc3)n2)n1. The fourth-order valence-electron chi connectivity index (χ4n) is 3.61. The maximum absolute atomic E-state index is 12.6. The minimum atomic E-state index is -0.227. The minimum Gasteiger partial charge on any atom is -0.480 e. The van der Waals surface area contributed by atoms with Crippen LogP contribution in [-0.4, -0.2) is 32.0 Å². The molecule has 33 heavy (non-hydrogen) atoms. The summed E-state index contributed by atoms with van der Waals surface area (Å²) in [6.07, 6.45) is 6.55. The molecule has 0 bridgehead atoms. The third-order valence-electron chi connectivity index (χ3n) is 5.22. The molecule has 0 atom stereocenters. The average molecular weight is 436 g/mol. The molecule has 2 N–H and O–H groups in total. The molecule has 162 valence electrons. The first-order valence-corrected chi connectivity index (χ1v) is 10.3. The number of fused-ring (bicyclic) bond motifs is 1. The highest BCUT2D eigenvalue weighted by Crippen LogP contribution is 2.28. The van der Waals surface area contributed by atoms with Crippen molar-refractivity contribution in [2.24, 2.45) is 0 Å². The Bertz CT molecular complexity index is 1510. The van der Waals surface area contributed by atoms with E-state index >= 15 is 0 Å². The number of anilines is 2. The van der Waals surface area contributed by atoms with Gasteiger partial charge in [-0.3, -0.25) is 14.8 Å². The number of nitrogens with zero attached hydrogens (tertiary/aromatic N) is 4. The molecule has 0 unspecified atom stereocenters. The summed E-state index contributed by atoms with van der Waals surface area (Å²) in [5.41, 5.74) is 4.82. The topological polar surface area (TPSA) is 106 Å². The molecule has 8 heteroatoms. The molecule has 0 saturated carbocycles. The van der Waals surface area contributed by atoms with Crippen molar-refractivity contribution >= 4 is 22.3 Å². The number of rotatable bonds is 5. The molecule has 5 rings (SSSR count). The van der Waals surface area contributed by atoms with Crippen molar-refractivity contribution in [2.45, 2.75) is 6.92 Å². The van der Waals surface area contributed by atoms with E-state index in [0.717, 1.165) is 27.9 Å². The smallest absolute Gasteiger partial charge is 0.259 e. The predicted molar refractivity (Wildman–Crippen MR) is 128 cm³/mol. The highest BCUT2D eigenvalue weighted by atomic mass is 16.5. The van der Waals surface area contributed by atoms with E-state index in [1.165, 1.54) is 13.3 Å². The molecule has 0 aliphatic rings. The van der Waals surface area contributed by atoms with Crippen molar-refractivity contribution < 1.29 is 4.74 Å². The average Bonchev–Trinajstić information content (AvgIpc) is 2.84. The van der Waals surface area contributed by atoms with Crippen molar-refractivity contribution in [3.05, 3.63) is 89.4 Å². The summed E-state index contributed by atoms with van der Waals surface area (Å²) in [4.78, 5) is 32.9. The molecule has 0 amide bonds. The molecule has 0 fully saturated rings. The zero-order valence-corrected chi connectivity index (χ0v) is 18.0. The molecule has 4 heterocycles. The summed E-state index contributed by atoms with van der Waals surface area (Å²) < 4.78 is 5.19. The van der Waals surface area contributed by atoms with Crippen molar-refractivity contribution in [2.75, 3.05) is 12.4 Å². The standard InChI is InChI=1S/C25H20N6O2/c1-15-11-17(7-9-27-15)16-3-5-19(6-4-16)29-24-23-18(8-10-28-25(23)32)12-20(31-24)21-13-26-14-22(30-21)33-2/h3-14H,1-2H3,(H,28,32)(H,29,31). The number of methoxy groups -OCH3 is 1. The first-order chi connectivity index (χ1) is 16.1. The quantitative estimate of drug-likeness (QED) is 0.418. The van der Waals surface area contributed by atoms with E-state index < -0.39 is 0 Å². The fraction of sp³-hybridized carbons (Fsp3) is 0.0800. The fourth-order valence-corrected chi connectivity index (χ4v) is 3.61. The summed E-state index contributed by atoms with van der Waals surface area (Å²) in [7, 11) is 1.53. The Morgan fingerprint density at radius 1 is 0.939 bits per heavy atom. The Balaban J connectivity index is 1.56. The second-order valence-electron chi connectivity index (χ2n) is 7.46. The van der Waals surface area contributed by atoms with Crippen LogP contribution >= 0.6 is 0 Å². The summed E-state index contributed by atoms with van der Waals surface area (Å²) in [5.74, 6) is 0.818. The van der Waals surface area contributed by atoms with Gasteiger partial charge in [-0.05, 0) is 59.8 Å². The lowest BCUT2D eigenvalue weighted by Gasteiger charge is -2.12. The lowest BCUT2D eigenvalue weighted by Crippen LogP contribution is -2.09. The van der Waals surface area contributed by atoms with Crippen LogP contribution in [0, 0.1) is 6.92 Å². The van der Waals surface area contributed by atoms with E-state index in [2.05, 4.69) is 25.3 Å². The molecule has 0 spiro atoms. The van der Waals surface area contributed by atoms with Gasteiger partial charge in [-0.15, -0.1) is 0 Å². The van der Waals surface area contributed by atoms with Crippen LogP contribution in [0.3, 0.4) is 0 Å². The van der Waals surface area contributed by atoms with Gasteiger partial charge in [-0.2, -0.15) is 0 Å². The van der Waals surface area contributed by atoms with Crippen LogP contribution in [0.5, 0.6) is 5.88 Å². The normalized spacial score (nSPS) is 10.8. The van der Waals surface area contributed by atoms with Crippen molar-refractivity contribution in [3.8, 4) is 28.4 Å². The Kier molecular flexibility index (Phi) is 5.24. The van der Waals surface area contributed by atoms with Gasteiger partial charge in [0.1, 0.15) is 11.5 Å². The molecule has 0 radical (unpaired) electrons. The van der Waals surface area contributed by atoms with Gasteiger partial charge in [0.15, 0.2) is 0 Å². The van der Waals surface area contributed by atoms with E-state index in [9.17, 15) is 4.79 Å². The van der Waals surface area contributed by atoms with Gasteiger partial charge in [0.05, 0.1) is 30.6 Å². The van der Waals surface area contributed by atoms with Crippen LogP contribution in [0.25, 0.3) is 33.3 Å². The van der Waals surface area contributed by atoms with E-state index in [1.54, 1.807) is 18.6 Å². The maximum atomic E-state index is 12.6.